The van der Waals surface area contributed by atoms with Crippen LogP contribution in [0.3, 0.4) is 0 Å². The molecule has 1 saturated carbocycles. The lowest BCUT2D eigenvalue weighted by Crippen LogP contribution is -2.39. The van der Waals surface area contributed by atoms with E-state index in [2.05, 4.69) is 16.9 Å². The zero-order valence-electron chi connectivity index (χ0n) is 17.0. The van der Waals surface area contributed by atoms with E-state index in [1.807, 2.05) is 6.92 Å². The lowest BCUT2D eigenvalue weighted by atomic mass is 9.92. The van der Waals surface area contributed by atoms with Gasteiger partial charge in [0.15, 0.2) is 0 Å². The highest BCUT2D eigenvalue weighted by atomic mass is 19.4. The molecule has 1 fully saturated rings. The van der Waals surface area contributed by atoms with Crippen molar-refractivity contribution in [1.29, 1.82) is 5.26 Å². The normalized spacial score (nSPS) is 18.7. The standard InChI is InChI=1S/C23H22F3N3O2/c1-14(2)21-10-4-16(13-28-21)22(30)29-17-5-8-18(9-6-17)31-19-7-3-15(12-27)20(11-19)23(24,25)26/h3-4,7,10-11,13,17-18H,1,5-6,8-9H2,2H3,(H,29,30). The fraction of sp³-hybridized carbons (Fsp3) is 0.348. The summed E-state index contributed by atoms with van der Waals surface area (Å²) in [6.45, 7) is 5.65. The third-order valence-electron chi connectivity index (χ3n) is 5.19. The lowest BCUT2D eigenvalue weighted by Gasteiger charge is -2.29. The number of aromatic nitrogens is 1. The third-order valence-corrected chi connectivity index (χ3v) is 5.19. The number of rotatable bonds is 5. The van der Waals surface area contributed by atoms with Gasteiger partial charge in [0.05, 0.1) is 34.6 Å². The molecule has 3 rings (SSSR count). The summed E-state index contributed by atoms with van der Waals surface area (Å²) in [4.78, 5) is 16.6. The summed E-state index contributed by atoms with van der Waals surface area (Å²) < 4.78 is 45.1. The number of hydrogen-bond donors (Lipinski definition) is 1. The highest BCUT2D eigenvalue weighted by Crippen LogP contribution is 2.35. The molecule has 8 heteroatoms. The summed E-state index contributed by atoms with van der Waals surface area (Å²) in [6.07, 6.45) is -0.871. The Morgan fingerprint density at radius 3 is 2.48 bits per heavy atom. The topological polar surface area (TPSA) is 75.0 Å². The van der Waals surface area contributed by atoms with E-state index in [1.165, 1.54) is 12.3 Å². The van der Waals surface area contributed by atoms with E-state index >= 15 is 0 Å². The van der Waals surface area contributed by atoms with Crippen molar-refractivity contribution in [1.82, 2.24) is 10.3 Å². The molecule has 2 aromatic rings. The van der Waals surface area contributed by atoms with Crippen LogP contribution in [0.4, 0.5) is 13.2 Å². The van der Waals surface area contributed by atoms with Gasteiger partial charge in [-0.2, -0.15) is 18.4 Å². The largest absolute Gasteiger partial charge is 0.490 e. The second-order valence-corrected chi connectivity index (χ2v) is 7.59. The van der Waals surface area contributed by atoms with Gasteiger partial charge in [-0.3, -0.25) is 9.78 Å². The molecular weight excluding hydrogens is 407 g/mol. The zero-order valence-corrected chi connectivity index (χ0v) is 17.0. The number of nitrogens with one attached hydrogen (secondary N) is 1. The Hall–Kier alpha value is -3.34. The predicted octanol–water partition coefficient (Wildman–Crippen LogP) is 5.13. The van der Waals surface area contributed by atoms with Crippen LogP contribution in [0.5, 0.6) is 5.75 Å². The smallest absolute Gasteiger partial charge is 0.417 e. The molecule has 1 aromatic heterocycles. The van der Waals surface area contributed by atoms with Crippen molar-refractivity contribution < 1.29 is 22.7 Å². The Labute approximate surface area is 178 Å². The second kappa shape index (κ2) is 9.21. The van der Waals surface area contributed by atoms with Crippen LogP contribution in [0.25, 0.3) is 5.57 Å². The van der Waals surface area contributed by atoms with Crippen LogP contribution < -0.4 is 10.1 Å². The van der Waals surface area contributed by atoms with Gasteiger partial charge in [0.25, 0.3) is 5.91 Å². The Balaban J connectivity index is 1.55. The summed E-state index contributed by atoms with van der Waals surface area (Å²) in [5, 5.41) is 11.9. The third kappa shape index (κ3) is 5.63. The Morgan fingerprint density at radius 1 is 1.23 bits per heavy atom. The summed E-state index contributed by atoms with van der Waals surface area (Å²) >= 11 is 0. The Kier molecular flexibility index (Phi) is 6.64. The molecule has 31 heavy (non-hydrogen) atoms. The van der Waals surface area contributed by atoms with E-state index in [9.17, 15) is 18.0 Å². The number of ether oxygens (including phenoxy) is 1. The molecule has 162 valence electrons. The summed E-state index contributed by atoms with van der Waals surface area (Å²) in [5.74, 6) is -0.130. The van der Waals surface area contributed by atoms with Crippen molar-refractivity contribution in [3.05, 3.63) is 65.5 Å². The van der Waals surface area contributed by atoms with E-state index in [4.69, 9.17) is 10.00 Å². The van der Waals surface area contributed by atoms with Gasteiger partial charge in [-0.1, -0.05) is 6.58 Å². The lowest BCUT2D eigenvalue weighted by molar-refractivity contribution is -0.137. The van der Waals surface area contributed by atoms with E-state index in [0.29, 0.717) is 31.2 Å². The van der Waals surface area contributed by atoms with Crippen molar-refractivity contribution in [3.63, 3.8) is 0 Å². The minimum Gasteiger partial charge on any atom is -0.490 e. The number of carbonyl (C=O) groups excluding carboxylic acids is 1. The number of alkyl halides is 3. The highest BCUT2D eigenvalue weighted by Gasteiger charge is 2.34. The zero-order chi connectivity index (χ0) is 22.6. The van der Waals surface area contributed by atoms with Gasteiger partial charge in [0, 0.05) is 12.2 Å². The molecule has 1 N–H and O–H groups in total. The fourth-order valence-corrected chi connectivity index (χ4v) is 3.50. The number of hydrogen-bond acceptors (Lipinski definition) is 4. The van der Waals surface area contributed by atoms with Gasteiger partial charge >= 0.3 is 6.18 Å². The van der Waals surface area contributed by atoms with Gasteiger partial charge in [-0.05, 0) is 68.5 Å². The predicted molar refractivity (Wildman–Crippen MR) is 109 cm³/mol. The maximum Gasteiger partial charge on any atom is 0.417 e. The van der Waals surface area contributed by atoms with Gasteiger partial charge in [-0.15, -0.1) is 0 Å². The van der Waals surface area contributed by atoms with Crippen LogP contribution in [0.15, 0.2) is 43.1 Å². The maximum atomic E-state index is 13.1. The molecule has 0 aliphatic heterocycles. The molecule has 1 amide bonds. The molecule has 5 nitrogen and oxygen atoms in total. The fourth-order valence-electron chi connectivity index (χ4n) is 3.50. The number of halogens is 3. The van der Waals surface area contributed by atoms with Crippen LogP contribution in [0.1, 0.15) is 59.8 Å². The summed E-state index contributed by atoms with van der Waals surface area (Å²) in [6, 6.07) is 8.33. The van der Waals surface area contributed by atoms with Gasteiger partial charge in [0.2, 0.25) is 0 Å². The molecule has 1 aromatic carbocycles. The molecule has 0 atom stereocenters. The SMILES string of the molecule is C=C(C)c1ccc(C(=O)NC2CCC(Oc3ccc(C#N)c(C(F)(F)F)c3)CC2)cn1. The monoisotopic (exact) mass is 429 g/mol. The first-order valence-corrected chi connectivity index (χ1v) is 9.88. The van der Waals surface area contributed by atoms with E-state index in [0.717, 1.165) is 23.4 Å². The minimum absolute atomic E-state index is 0.0418. The number of carbonyl (C=O) groups is 1. The maximum absolute atomic E-state index is 13.1. The number of nitriles is 1. The molecule has 0 bridgehead atoms. The van der Waals surface area contributed by atoms with E-state index in [-0.39, 0.29) is 23.8 Å². The molecule has 0 saturated heterocycles. The average Bonchev–Trinajstić information content (AvgIpc) is 2.74. The van der Waals surface area contributed by atoms with Crippen LogP contribution in [0, 0.1) is 11.3 Å². The van der Waals surface area contributed by atoms with Crippen molar-refractivity contribution in [3.8, 4) is 11.8 Å². The molecule has 1 heterocycles. The van der Waals surface area contributed by atoms with Crippen molar-refractivity contribution in [2.24, 2.45) is 0 Å². The first-order valence-electron chi connectivity index (χ1n) is 9.88. The first-order chi connectivity index (χ1) is 14.7. The highest BCUT2D eigenvalue weighted by molar-refractivity contribution is 5.94. The van der Waals surface area contributed by atoms with Crippen LogP contribution in [-0.2, 0) is 6.18 Å². The van der Waals surface area contributed by atoms with Gasteiger partial charge in [-0.25, -0.2) is 0 Å². The number of nitrogens with zero attached hydrogens (tertiary/aromatic N) is 2. The van der Waals surface area contributed by atoms with Gasteiger partial charge < -0.3 is 10.1 Å². The van der Waals surface area contributed by atoms with E-state index in [1.54, 1.807) is 18.2 Å². The number of benzene rings is 1. The second-order valence-electron chi connectivity index (χ2n) is 7.59. The van der Waals surface area contributed by atoms with Crippen LogP contribution in [0.2, 0.25) is 0 Å². The molecular formula is C23H22F3N3O2. The Morgan fingerprint density at radius 2 is 1.94 bits per heavy atom. The van der Waals surface area contributed by atoms with Crippen LogP contribution >= 0.6 is 0 Å². The molecule has 1 aliphatic carbocycles. The number of allylic oxidation sites excluding steroid dienone is 1. The minimum atomic E-state index is -4.62. The average molecular weight is 429 g/mol. The van der Waals surface area contributed by atoms with Crippen molar-refractivity contribution in [2.45, 2.75) is 50.9 Å². The molecule has 0 radical (unpaired) electrons. The van der Waals surface area contributed by atoms with Crippen LogP contribution in [-0.4, -0.2) is 23.0 Å². The van der Waals surface area contributed by atoms with Crippen molar-refractivity contribution in [2.75, 3.05) is 0 Å². The Bertz CT molecular complexity index is 1000. The summed E-state index contributed by atoms with van der Waals surface area (Å²) in [5.41, 5.74) is 0.568. The van der Waals surface area contributed by atoms with Gasteiger partial charge in [0.1, 0.15) is 5.75 Å². The number of amides is 1. The van der Waals surface area contributed by atoms with E-state index < -0.39 is 17.3 Å². The first kappa shape index (κ1) is 22.3. The van der Waals surface area contributed by atoms with Crippen molar-refractivity contribution >= 4 is 11.5 Å². The molecule has 1 aliphatic rings. The molecule has 0 unspecified atom stereocenters. The number of pyridine rings is 1. The molecule has 0 spiro atoms. The quantitative estimate of drug-likeness (QED) is 0.715. The summed E-state index contributed by atoms with van der Waals surface area (Å²) in [7, 11) is 0.